The van der Waals surface area contributed by atoms with Crippen LogP contribution in [0, 0.1) is 0 Å². The molecule has 0 unspecified atom stereocenters. The van der Waals surface area contributed by atoms with Crippen LogP contribution in [0.3, 0.4) is 0 Å². The summed E-state index contributed by atoms with van der Waals surface area (Å²) in [5.74, 6) is 1.06. The van der Waals surface area contributed by atoms with Crippen LogP contribution in [-0.2, 0) is 9.53 Å². The van der Waals surface area contributed by atoms with Crippen molar-refractivity contribution in [2.45, 2.75) is 19.8 Å². The summed E-state index contributed by atoms with van der Waals surface area (Å²) in [6.07, 6.45) is 3.73. The molecule has 0 saturated heterocycles. The van der Waals surface area contributed by atoms with Crippen molar-refractivity contribution in [1.82, 2.24) is 5.32 Å². The van der Waals surface area contributed by atoms with E-state index in [0.29, 0.717) is 13.0 Å². The molecule has 0 aromatic heterocycles. The van der Waals surface area contributed by atoms with E-state index in [1.165, 1.54) is 5.75 Å². The first-order valence-electron chi connectivity index (χ1n) is 4.66. The number of rotatable bonds is 8. The molecule has 0 aliphatic carbocycles. The van der Waals surface area contributed by atoms with Gasteiger partial charge in [-0.3, -0.25) is 4.79 Å². The van der Waals surface area contributed by atoms with Gasteiger partial charge in [-0.25, -0.2) is 0 Å². The maximum atomic E-state index is 10.9. The number of thioether (sulfide) groups is 1. The highest BCUT2D eigenvalue weighted by atomic mass is 32.2. The van der Waals surface area contributed by atoms with Gasteiger partial charge in [-0.05, 0) is 31.9 Å². The highest BCUT2D eigenvalue weighted by Gasteiger charge is 1.99. The van der Waals surface area contributed by atoms with Crippen molar-refractivity contribution in [3.63, 3.8) is 0 Å². The fourth-order valence-corrected chi connectivity index (χ4v) is 1.32. The van der Waals surface area contributed by atoms with Gasteiger partial charge < -0.3 is 10.1 Å². The SMILES string of the molecule is CCOC(=O)CCNCCCSC. The maximum Gasteiger partial charge on any atom is 0.307 e. The van der Waals surface area contributed by atoms with Crippen LogP contribution in [0.5, 0.6) is 0 Å². The summed E-state index contributed by atoms with van der Waals surface area (Å²) in [6.45, 7) is 4.02. The molecule has 0 spiro atoms. The molecule has 0 bridgehead atoms. The molecule has 0 fully saturated rings. The zero-order valence-electron chi connectivity index (χ0n) is 8.47. The average molecular weight is 205 g/mol. The van der Waals surface area contributed by atoms with E-state index in [0.717, 1.165) is 19.5 Å². The van der Waals surface area contributed by atoms with Crippen molar-refractivity contribution >= 4 is 17.7 Å². The number of hydrogen-bond acceptors (Lipinski definition) is 4. The highest BCUT2D eigenvalue weighted by molar-refractivity contribution is 7.98. The first-order chi connectivity index (χ1) is 6.31. The Balaban J connectivity index is 3.02. The smallest absolute Gasteiger partial charge is 0.307 e. The predicted octanol–water partition coefficient (Wildman–Crippen LogP) is 1.28. The van der Waals surface area contributed by atoms with E-state index in [1.807, 2.05) is 18.7 Å². The summed E-state index contributed by atoms with van der Waals surface area (Å²) in [4.78, 5) is 10.9. The Bertz CT molecular complexity index is 131. The minimum Gasteiger partial charge on any atom is -0.466 e. The van der Waals surface area contributed by atoms with Crippen molar-refractivity contribution < 1.29 is 9.53 Å². The minimum absolute atomic E-state index is 0.111. The van der Waals surface area contributed by atoms with E-state index in [9.17, 15) is 4.79 Å². The van der Waals surface area contributed by atoms with E-state index in [-0.39, 0.29) is 5.97 Å². The van der Waals surface area contributed by atoms with E-state index in [4.69, 9.17) is 4.74 Å². The molecule has 13 heavy (non-hydrogen) atoms. The predicted molar refractivity (Wildman–Crippen MR) is 57.1 cm³/mol. The zero-order valence-corrected chi connectivity index (χ0v) is 9.28. The van der Waals surface area contributed by atoms with Crippen LogP contribution in [-0.4, -0.2) is 37.7 Å². The van der Waals surface area contributed by atoms with Crippen LogP contribution in [0.1, 0.15) is 19.8 Å². The molecule has 0 aromatic rings. The number of hydrogen-bond donors (Lipinski definition) is 1. The molecule has 3 nitrogen and oxygen atoms in total. The minimum atomic E-state index is -0.111. The van der Waals surface area contributed by atoms with Gasteiger partial charge in [-0.1, -0.05) is 0 Å². The lowest BCUT2D eigenvalue weighted by molar-refractivity contribution is -0.142. The molecule has 0 saturated carbocycles. The summed E-state index contributed by atoms with van der Waals surface area (Å²) in [7, 11) is 0. The average Bonchev–Trinajstić information content (AvgIpc) is 2.11. The molecule has 0 aromatic carbocycles. The lowest BCUT2D eigenvalue weighted by Gasteiger charge is -2.03. The summed E-state index contributed by atoms with van der Waals surface area (Å²) >= 11 is 1.84. The molecule has 1 N–H and O–H groups in total. The first-order valence-corrected chi connectivity index (χ1v) is 6.06. The number of esters is 1. The largest absolute Gasteiger partial charge is 0.466 e. The standard InChI is InChI=1S/C9H19NO2S/c1-3-12-9(11)5-7-10-6-4-8-13-2/h10H,3-8H2,1-2H3. The molecule has 0 aliphatic heterocycles. The van der Waals surface area contributed by atoms with Gasteiger partial charge in [0.05, 0.1) is 13.0 Å². The fourth-order valence-electron chi connectivity index (χ4n) is 0.890. The van der Waals surface area contributed by atoms with Crippen molar-refractivity contribution in [2.75, 3.05) is 31.7 Å². The van der Waals surface area contributed by atoms with Crippen molar-refractivity contribution in [3.05, 3.63) is 0 Å². The monoisotopic (exact) mass is 205 g/mol. The Morgan fingerprint density at radius 2 is 2.23 bits per heavy atom. The van der Waals surface area contributed by atoms with E-state index >= 15 is 0 Å². The number of carbonyl (C=O) groups is 1. The molecular weight excluding hydrogens is 186 g/mol. The Kier molecular flexibility index (Phi) is 9.70. The van der Waals surface area contributed by atoms with Crippen LogP contribution in [0.15, 0.2) is 0 Å². The van der Waals surface area contributed by atoms with Gasteiger partial charge >= 0.3 is 5.97 Å². The fraction of sp³-hybridized carbons (Fsp3) is 0.889. The summed E-state index contributed by atoms with van der Waals surface area (Å²) in [5.41, 5.74) is 0. The van der Waals surface area contributed by atoms with Gasteiger partial charge in [-0.2, -0.15) is 11.8 Å². The molecule has 0 amide bonds. The Labute approximate surface area is 84.6 Å². The van der Waals surface area contributed by atoms with Crippen LogP contribution < -0.4 is 5.32 Å². The number of ether oxygens (including phenoxy) is 1. The van der Waals surface area contributed by atoms with E-state index in [1.54, 1.807) is 0 Å². The van der Waals surface area contributed by atoms with Crippen LogP contribution in [0.4, 0.5) is 0 Å². The van der Waals surface area contributed by atoms with Crippen LogP contribution >= 0.6 is 11.8 Å². The Hall–Kier alpha value is -0.220. The van der Waals surface area contributed by atoms with E-state index < -0.39 is 0 Å². The summed E-state index contributed by atoms with van der Waals surface area (Å²) < 4.78 is 4.79. The Morgan fingerprint density at radius 3 is 2.85 bits per heavy atom. The summed E-state index contributed by atoms with van der Waals surface area (Å²) in [6, 6.07) is 0. The molecular formula is C9H19NO2S. The topological polar surface area (TPSA) is 38.3 Å². The third-order valence-electron chi connectivity index (χ3n) is 1.51. The third kappa shape index (κ3) is 9.70. The quantitative estimate of drug-likeness (QED) is 0.478. The zero-order chi connectivity index (χ0) is 9.94. The second kappa shape index (κ2) is 9.86. The second-order valence-corrected chi connectivity index (χ2v) is 3.64. The summed E-state index contributed by atoms with van der Waals surface area (Å²) in [5, 5.41) is 3.20. The molecule has 0 heterocycles. The Morgan fingerprint density at radius 1 is 1.46 bits per heavy atom. The maximum absolute atomic E-state index is 10.9. The van der Waals surface area contributed by atoms with Crippen molar-refractivity contribution in [1.29, 1.82) is 0 Å². The highest BCUT2D eigenvalue weighted by Crippen LogP contribution is 1.93. The third-order valence-corrected chi connectivity index (χ3v) is 2.21. The van der Waals surface area contributed by atoms with Gasteiger partial charge in [0.25, 0.3) is 0 Å². The number of carbonyl (C=O) groups excluding carboxylic acids is 1. The van der Waals surface area contributed by atoms with Crippen molar-refractivity contribution in [2.24, 2.45) is 0 Å². The molecule has 0 atom stereocenters. The number of nitrogens with one attached hydrogen (secondary N) is 1. The molecule has 78 valence electrons. The molecule has 0 radical (unpaired) electrons. The van der Waals surface area contributed by atoms with Crippen LogP contribution in [0.2, 0.25) is 0 Å². The molecule has 0 aliphatic rings. The van der Waals surface area contributed by atoms with Gasteiger partial charge in [0.1, 0.15) is 0 Å². The van der Waals surface area contributed by atoms with Crippen LogP contribution in [0.25, 0.3) is 0 Å². The lowest BCUT2D eigenvalue weighted by Crippen LogP contribution is -2.20. The van der Waals surface area contributed by atoms with Gasteiger partial charge in [0.2, 0.25) is 0 Å². The second-order valence-electron chi connectivity index (χ2n) is 2.65. The van der Waals surface area contributed by atoms with Gasteiger partial charge in [0.15, 0.2) is 0 Å². The molecule has 0 rings (SSSR count). The normalized spacial score (nSPS) is 10.0. The van der Waals surface area contributed by atoms with Crippen molar-refractivity contribution in [3.8, 4) is 0 Å². The van der Waals surface area contributed by atoms with Gasteiger partial charge in [0, 0.05) is 6.54 Å². The van der Waals surface area contributed by atoms with Gasteiger partial charge in [-0.15, -0.1) is 0 Å². The molecule has 4 heteroatoms. The lowest BCUT2D eigenvalue weighted by atomic mass is 10.4. The van der Waals surface area contributed by atoms with E-state index in [2.05, 4.69) is 11.6 Å². The first kappa shape index (κ1) is 12.8.